The van der Waals surface area contributed by atoms with E-state index in [9.17, 15) is 9.59 Å². The lowest BCUT2D eigenvalue weighted by Crippen LogP contribution is -2.36. The largest absolute Gasteiger partial charge is 0.447 e. The molecular formula is C27H20BrClN4O4S. The molecular weight excluding hydrogens is 592 g/mol. The molecule has 0 fully saturated rings. The molecule has 1 amide bonds. The second kappa shape index (κ2) is 11.1. The fourth-order valence-electron chi connectivity index (χ4n) is 4.00. The zero-order chi connectivity index (χ0) is 26.8. The van der Waals surface area contributed by atoms with Crippen LogP contribution in [0.25, 0.3) is 11.3 Å². The van der Waals surface area contributed by atoms with Gasteiger partial charge in [0.1, 0.15) is 5.75 Å². The molecule has 1 aliphatic rings. The normalized spacial score (nSPS) is 14.1. The Kier molecular flexibility index (Phi) is 7.64. The van der Waals surface area contributed by atoms with Gasteiger partial charge in [0.15, 0.2) is 5.69 Å². The molecule has 0 N–H and O–H groups in total. The summed E-state index contributed by atoms with van der Waals surface area (Å²) < 4.78 is 12.2. The third kappa shape index (κ3) is 5.38. The number of esters is 1. The highest BCUT2D eigenvalue weighted by Gasteiger charge is 2.35. The van der Waals surface area contributed by atoms with Crippen molar-refractivity contribution in [2.45, 2.75) is 31.0 Å². The second-order valence-corrected chi connectivity index (χ2v) is 10.5. The van der Waals surface area contributed by atoms with E-state index in [1.54, 1.807) is 23.1 Å². The minimum Gasteiger partial charge on any atom is -0.447 e. The van der Waals surface area contributed by atoms with Crippen molar-refractivity contribution in [3.8, 4) is 22.9 Å². The highest BCUT2D eigenvalue weighted by molar-refractivity contribution is 9.10. The summed E-state index contributed by atoms with van der Waals surface area (Å²) >= 11 is 11.1. The number of halogens is 2. The Hall–Kier alpha value is -3.47. The highest BCUT2D eigenvalue weighted by Crippen LogP contribution is 2.44. The van der Waals surface area contributed by atoms with Gasteiger partial charge >= 0.3 is 5.97 Å². The lowest BCUT2D eigenvalue weighted by Gasteiger charge is -2.30. The van der Waals surface area contributed by atoms with E-state index in [0.29, 0.717) is 48.7 Å². The number of ether oxygens (including phenoxy) is 2. The summed E-state index contributed by atoms with van der Waals surface area (Å²) in [6.45, 7) is 2.80. The molecule has 4 aromatic rings. The van der Waals surface area contributed by atoms with E-state index in [-0.39, 0.29) is 11.8 Å². The first kappa shape index (κ1) is 26.1. The third-order valence-electron chi connectivity index (χ3n) is 5.66. The van der Waals surface area contributed by atoms with Crippen molar-refractivity contribution in [2.75, 3.05) is 4.90 Å². The topological polar surface area (TPSA) is 94.5 Å². The van der Waals surface area contributed by atoms with Gasteiger partial charge < -0.3 is 9.47 Å². The number of thioether (sulfide) groups is 1. The van der Waals surface area contributed by atoms with Crippen LogP contribution < -0.4 is 14.4 Å². The van der Waals surface area contributed by atoms with Crippen LogP contribution in [0.5, 0.6) is 11.6 Å². The second-order valence-electron chi connectivity index (χ2n) is 8.29. The molecule has 0 radical (unpaired) electrons. The molecule has 0 saturated carbocycles. The SMILES string of the molecule is CC(=O)Oc1ccc([C@H]2Oc3nc(SCc4ccccc4Cl)nnc3-c3ccccc3N2C(C)=O)cc1Br. The average molecular weight is 612 g/mol. The molecule has 38 heavy (non-hydrogen) atoms. The standard InChI is InChI=1S/C27H20BrClN4O4S/c1-15(34)33-22-10-6-4-8-19(22)24-25(30-27(32-31-24)38-14-18-7-3-5-9-21(18)29)37-26(33)17-11-12-23(20(28)13-17)36-16(2)35/h3-13,26H,14H2,1-2H3/t26-/m1/s1. The molecule has 11 heteroatoms. The number of benzene rings is 3. The summed E-state index contributed by atoms with van der Waals surface area (Å²) in [6.07, 6.45) is -0.879. The van der Waals surface area contributed by atoms with Gasteiger partial charge in [-0.15, -0.1) is 10.2 Å². The van der Waals surface area contributed by atoms with E-state index < -0.39 is 12.2 Å². The predicted octanol–water partition coefficient (Wildman–Crippen LogP) is 6.62. The van der Waals surface area contributed by atoms with E-state index in [1.807, 2.05) is 48.5 Å². The van der Waals surface area contributed by atoms with Crippen LogP contribution in [-0.2, 0) is 15.3 Å². The first-order valence-electron chi connectivity index (χ1n) is 11.5. The number of rotatable bonds is 5. The van der Waals surface area contributed by atoms with Crippen LogP contribution in [-0.4, -0.2) is 27.1 Å². The van der Waals surface area contributed by atoms with Crippen molar-refractivity contribution in [1.82, 2.24) is 15.2 Å². The molecule has 192 valence electrons. The Labute approximate surface area is 236 Å². The van der Waals surface area contributed by atoms with Gasteiger partial charge in [-0.05, 0) is 51.8 Å². The number of nitrogens with zero attached hydrogens (tertiary/aromatic N) is 4. The van der Waals surface area contributed by atoms with E-state index >= 15 is 0 Å². The highest BCUT2D eigenvalue weighted by atomic mass is 79.9. The Balaban J connectivity index is 1.57. The lowest BCUT2D eigenvalue weighted by atomic mass is 10.1. The fourth-order valence-corrected chi connectivity index (χ4v) is 5.54. The first-order chi connectivity index (χ1) is 18.3. The van der Waals surface area contributed by atoms with Gasteiger partial charge in [0, 0.05) is 35.7 Å². The quantitative estimate of drug-likeness (QED) is 0.141. The maximum absolute atomic E-state index is 13.0. The molecule has 1 aliphatic heterocycles. The monoisotopic (exact) mass is 610 g/mol. The molecule has 1 atom stereocenters. The van der Waals surface area contributed by atoms with E-state index in [4.69, 9.17) is 21.1 Å². The number of amides is 1. The van der Waals surface area contributed by atoms with Crippen LogP contribution in [0, 0.1) is 0 Å². The molecule has 0 spiro atoms. The molecule has 0 unspecified atom stereocenters. The lowest BCUT2D eigenvalue weighted by molar-refractivity contribution is -0.132. The maximum atomic E-state index is 13.0. The molecule has 0 bridgehead atoms. The van der Waals surface area contributed by atoms with Crippen molar-refractivity contribution >= 4 is 56.9 Å². The zero-order valence-corrected chi connectivity index (χ0v) is 23.4. The summed E-state index contributed by atoms with van der Waals surface area (Å²) in [5.74, 6) is 0.457. The van der Waals surface area contributed by atoms with E-state index in [0.717, 1.165) is 5.56 Å². The molecule has 0 aliphatic carbocycles. The number of hydrogen-bond acceptors (Lipinski definition) is 8. The van der Waals surface area contributed by atoms with Gasteiger partial charge in [-0.25, -0.2) is 0 Å². The van der Waals surface area contributed by atoms with Crippen LogP contribution >= 0.6 is 39.3 Å². The third-order valence-corrected chi connectivity index (χ3v) is 7.54. The van der Waals surface area contributed by atoms with Crippen LogP contribution in [0.15, 0.2) is 76.4 Å². The number of carbonyl (C=O) groups is 2. The van der Waals surface area contributed by atoms with Gasteiger partial charge in [-0.1, -0.05) is 59.8 Å². The number of carbonyl (C=O) groups excluding carboxylic acids is 2. The molecule has 0 saturated heterocycles. The van der Waals surface area contributed by atoms with E-state index in [2.05, 4.69) is 31.1 Å². The van der Waals surface area contributed by atoms with Crippen LogP contribution in [0.1, 0.15) is 31.2 Å². The minimum atomic E-state index is -0.879. The van der Waals surface area contributed by atoms with Crippen molar-refractivity contribution in [3.63, 3.8) is 0 Å². The zero-order valence-electron chi connectivity index (χ0n) is 20.2. The summed E-state index contributed by atoms with van der Waals surface area (Å²) in [5, 5.41) is 9.83. The number of anilines is 1. The Bertz CT molecular complexity index is 1550. The van der Waals surface area contributed by atoms with Gasteiger partial charge in [-0.3, -0.25) is 14.5 Å². The summed E-state index contributed by atoms with van der Waals surface area (Å²) in [4.78, 5) is 30.7. The number of aromatic nitrogens is 3. The molecule has 5 rings (SSSR count). The van der Waals surface area contributed by atoms with Crippen molar-refractivity contribution < 1.29 is 19.1 Å². The van der Waals surface area contributed by atoms with Crippen LogP contribution in [0.3, 0.4) is 0 Å². The number of para-hydroxylation sites is 1. The molecule has 3 aromatic carbocycles. The number of hydrogen-bond donors (Lipinski definition) is 0. The first-order valence-corrected chi connectivity index (χ1v) is 13.6. The van der Waals surface area contributed by atoms with Crippen molar-refractivity contribution in [1.29, 1.82) is 0 Å². The molecule has 2 heterocycles. The summed E-state index contributed by atoms with van der Waals surface area (Å²) in [6, 6.07) is 20.1. The van der Waals surface area contributed by atoms with Gasteiger partial charge in [0.2, 0.25) is 23.2 Å². The Morgan fingerprint density at radius 2 is 1.84 bits per heavy atom. The smallest absolute Gasteiger partial charge is 0.308 e. The maximum Gasteiger partial charge on any atom is 0.308 e. The average Bonchev–Trinajstić information content (AvgIpc) is 3.03. The van der Waals surface area contributed by atoms with Gasteiger partial charge in [-0.2, -0.15) is 4.98 Å². The minimum absolute atomic E-state index is 0.239. The molecule has 8 nitrogen and oxygen atoms in total. The summed E-state index contributed by atoms with van der Waals surface area (Å²) in [5.41, 5.74) is 3.28. The van der Waals surface area contributed by atoms with Crippen molar-refractivity contribution in [2.24, 2.45) is 0 Å². The van der Waals surface area contributed by atoms with E-state index in [1.165, 1.54) is 25.6 Å². The van der Waals surface area contributed by atoms with Crippen LogP contribution in [0.2, 0.25) is 5.02 Å². The summed E-state index contributed by atoms with van der Waals surface area (Å²) in [7, 11) is 0. The van der Waals surface area contributed by atoms with Crippen molar-refractivity contribution in [3.05, 3.63) is 87.4 Å². The Morgan fingerprint density at radius 3 is 2.58 bits per heavy atom. The van der Waals surface area contributed by atoms with Gasteiger partial charge in [0.25, 0.3) is 0 Å². The Morgan fingerprint density at radius 1 is 1.08 bits per heavy atom. The molecule has 1 aromatic heterocycles. The fraction of sp³-hybridized carbons (Fsp3) is 0.148. The van der Waals surface area contributed by atoms with Crippen LogP contribution in [0.4, 0.5) is 5.69 Å². The van der Waals surface area contributed by atoms with Gasteiger partial charge in [0.05, 0.1) is 10.2 Å². The predicted molar refractivity (Wildman–Crippen MR) is 148 cm³/mol. The number of fused-ring (bicyclic) bond motifs is 3.